The van der Waals surface area contributed by atoms with Gasteiger partial charge in [0.15, 0.2) is 96.5 Å². The molecule has 0 spiro atoms. The van der Waals surface area contributed by atoms with Gasteiger partial charge in [-0.05, 0) is 314 Å². The van der Waals surface area contributed by atoms with E-state index in [1.54, 1.807) is 7.11 Å². The molecular weight excluding hydrogens is 1590 g/mol. The van der Waals surface area contributed by atoms with Crippen molar-refractivity contribution in [3.63, 3.8) is 0 Å². The smallest absolute Gasteiger partial charge is 0.201 e. The summed E-state index contributed by atoms with van der Waals surface area (Å²) in [6, 6.07) is 107. The number of benzene rings is 12. The van der Waals surface area contributed by atoms with Crippen molar-refractivity contribution in [2.24, 2.45) is 5.92 Å². The number of hydrogen-bond acceptors (Lipinski definition) is 14. The highest BCUT2D eigenvalue weighted by Crippen LogP contribution is 2.40. The van der Waals surface area contributed by atoms with E-state index in [4.69, 9.17) is 66.3 Å². The Bertz CT molecular complexity index is 4520. The molecule has 0 amide bonds. The molecule has 0 radical (unpaired) electrons. The van der Waals surface area contributed by atoms with Gasteiger partial charge in [0.2, 0.25) is 6.29 Å². The first kappa shape index (κ1) is 95.2. The highest BCUT2D eigenvalue weighted by molar-refractivity contribution is 7.98. The van der Waals surface area contributed by atoms with Gasteiger partial charge in [0.25, 0.3) is 0 Å². The predicted octanol–water partition coefficient (Wildman–Crippen LogP) is 25.3. The first-order chi connectivity index (χ1) is 58.8. The van der Waals surface area contributed by atoms with Crippen LogP contribution in [0.2, 0.25) is 0 Å². The Kier molecular flexibility index (Phi) is 40.4. The van der Waals surface area contributed by atoms with Crippen molar-refractivity contribution in [1.82, 2.24) is 0 Å². The molecule has 12 aromatic carbocycles. The van der Waals surface area contributed by atoms with Gasteiger partial charge < -0.3 is 66.3 Å². The van der Waals surface area contributed by atoms with Gasteiger partial charge >= 0.3 is 0 Å². The second kappa shape index (κ2) is 51.3. The molecular formula is C103H122O14S4+4. The van der Waals surface area contributed by atoms with Crippen molar-refractivity contribution in [3.8, 4) is 40.2 Å². The summed E-state index contributed by atoms with van der Waals surface area (Å²) in [5.74, 6) is 5.97. The van der Waals surface area contributed by atoms with Crippen LogP contribution in [-0.2, 0) is 76.7 Å². The second-order valence-corrected chi connectivity index (χ2v) is 35.9. The minimum absolute atomic E-state index is 0.133. The quantitative estimate of drug-likeness (QED) is 0.0267. The molecule has 0 heterocycles. The van der Waals surface area contributed by atoms with Crippen molar-refractivity contribution >= 4 is 43.6 Å². The number of ether oxygens (including phenoxy) is 14. The van der Waals surface area contributed by atoms with Gasteiger partial charge in [-0.2, -0.15) is 0 Å². The van der Waals surface area contributed by atoms with Crippen molar-refractivity contribution in [3.05, 3.63) is 321 Å². The molecule has 121 heavy (non-hydrogen) atoms. The van der Waals surface area contributed by atoms with Crippen LogP contribution in [0.3, 0.4) is 0 Å². The van der Waals surface area contributed by atoms with Gasteiger partial charge in [-0.15, -0.1) is 0 Å². The Labute approximate surface area is 731 Å². The molecule has 0 N–H and O–H groups in total. The van der Waals surface area contributed by atoms with Crippen LogP contribution in [0.4, 0.5) is 0 Å². The third kappa shape index (κ3) is 30.4. The highest BCUT2D eigenvalue weighted by atomic mass is 32.2. The van der Waals surface area contributed by atoms with Crippen LogP contribution in [0.25, 0.3) is 0 Å². The van der Waals surface area contributed by atoms with E-state index >= 15 is 0 Å². The minimum atomic E-state index is -0.348. The van der Waals surface area contributed by atoms with Crippen molar-refractivity contribution in [1.29, 1.82) is 0 Å². The summed E-state index contributed by atoms with van der Waals surface area (Å²) in [6.45, 7) is 35.3. The topological polar surface area (TPSA) is 129 Å². The van der Waals surface area contributed by atoms with Crippen molar-refractivity contribution in [2.45, 2.75) is 214 Å². The van der Waals surface area contributed by atoms with E-state index in [0.717, 1.165) is 51.4 Å². The van der Waals surface area contributed by atoms with Gasteiger partial charge in [0.1, 0.15) is 40.2 Å². The summed E-state index contributed by atoms with van der Waals surface area (Å²) in [7, 11) is 0.817. The van der Waals surface area contributed by atoms with E-state index in [1.165, 1.54) is 58.7 Å². The maximum absolute atomic E-state index is 6.04. The molecule has 0 aliphatic rings. The van der Waals surface area contributed by atoms with Crippen LogP contribution in [0.5, 0.6) is 40.2 Å². The number of methoxy groups -OCH3 is 1. The Morgan fingerprint density at radius 1 is 0.215 bits per heavy atom. The Hall–Kier alpha value is -9.64. The molecule has 18 heteroatoms. The molecule has 12 aromatic rings. The first-order valence-corrected chi connectivity index (χ1v) is 46.5. The average molecular weight is 1710 g/mol. The molecule has 7 atom stereocenters. The largest absolute Gasteiger partial charge is 0.465 e. The highest BCUT2D eigenvalue weighted by Gasteiger charge is 2.34. The van der Waals surface area contributed by atoms with E-state index in [9.17, 15) is 0 Å². The Morgan fingerprint density at radius 2 is 0.388 bits per heavy atom. The Morgan fingerprint density at radius 3 is 0.570 bits per heavy atom. The summed E-state index contributed by atoms with van der Waals surface area (Å²) in [5.41, 5.74) is 2.28. The molecule has 0 aliphatic carbocycles. The lowest BCUT2D eigenvalue weighted by Crippen LogP contribution is -2.24. The zero-order chi connectivity index (χ0) is 86.3. The van der Waals surface area contributed by atoms with Crippen LogP contribution >= 0.6 is 0 Å². The molecule has 7 unspecified atom stereocenters. The van der Waals surface area contributed by atoms with Gasteiger partial charge in [-0.1, -0.05) is 105 Å². The molecule has 0 bridgehead atoms. The standard InChI is InChI=1S/C30H39O6S.C26H31O4S.C24H27O2S.C23H25O2S/c1-7-31-22(4)34-25-10-16-28(17-11-25)37(29-18-12-26(13-19-29)35-23(5)32-8-2)30-20-14-27(15-21-30)36-24(6)33-9-3;1-5-27-20(3)29-22-12-16-25(17-13-22)31(24-10-8-7-9-11-24)26-18-14-23(15-19-26)30-21(4)28-6-2;1-5-25-20(4)26-24-18(2)16-23(17-19(24)3)27(21-12-8-6-9-13-21)22-14-10-7-11-15-22;1-18(2)23(24-3)25-19-14-16-22(17-15-19)26(20-10-6-4-7-11-20)21-12-8-5-9-13-21/h10-24H,7-9H2,1-6H3;7-21H,5-6H2,1-4H3;6-17,20H,5H2,1-4H3;4-18,23H,1-3H3/q4*+1. The van der Waals surface area contributed by atoms with E-state index in [0.29, 0.717) is 45.6 Å². The molecule has 14 nitrogen and oxygen atoms in total. The summed E-state index contributed by atoms with van der Waals surface area (Å²) < 4.78 is 79.7. The SMILES string of the molecule is CCOC(C)Oc1c(C)cc([S+](c2ccccc2)c2ccccc2)cc1C.CCOC(C)Oc1ccc([S+](c2ccc(OC(C)OCC)cc2)c2ccc(OC(C)OCC)cc2)cc1.CCOC(C)Oc1ccc([S+](c2ccccc2)c2ccc(OC(C)OCC)cc2)cc1.COC(Oc1ccc([S+](c2ccccc2)c2ccccc2)cc1)C(C)C. The lowest BCUT2D eigenvalue weighted by molar-refractivity contribution is -0.0834. The fourth-order valence-corrected chi connectivity index (χ4v) is 21.3. The zero-order valence-corrected chi connectivity index (χ0v) is 76.4. The fraction of sp³-hybridized carbons (Fsp3) is 0.301. The predicted molar refractivity (Wildman–Crippen MR) is 492 cm³/mol. The van der Waals surface area contributed by atoms with Gasteiger partial charge in [0.05, 0.1) is 43.6 Å². The maximum Gasteiger partial charge on any atom is 0.201 e. The van der Waals surface area contributed by atoms with Crippen LogP contribution in [0, 0.1) is 19.8 Å². The monoisotopic (exact) mass is 1710 g/mol. The summed E-state index contributed by atoms with van der Waals surface area (Å²) >= 11 is 0. The van der Waals surface area contributed by atoms with Gasteiger partial charge in [0, 0.05) is 64.8 Å². The van der Waals surface area contributed by atoms with E-state index < -0.39 is 0 Å². The van der Waals surface area contributed by atoms with Crippen LogP contribution in [0.15, 0.2) is 368 Å². The van der Waals surface area contributed by atoms with Crippen LogP contribution in [0.1, 0.15) is 108 Å². The maximum atomic E-state index is 6.04. The molecule has 0 saturated heterocycles. The Balaban J connectivity index is 0.000000185. The number of aryl methyl sites for hydroxylation is 2. The van der Waals surface area contributed by atoms with Crippen LogP contribution in [-0.4, -0.2) is 90.8 Å². The van der Waals surface area contributed by atoms with Gasteiger partial charge in [-0.25, -0.2) is 0 Å². The summed E-state index contributed by atoms with van der Waals surface area (Å²) in [4.78, 5) is 15.0. The third-order valence-electron chi connectivity index (χ3n) is 18.2. The third-order valence-corrected chi connectivity index (χ3v) is 27.0. The van der Waals surface area contributed by atoms with Crippen LogP contribution < -0.4 is 33.2 Å². The molecule has 0 aromatic heterocycles. The molecule has 12 rings (SSSR count). The van der Waals surface area contributed by atoms with Gasteiger partial charge in [-0.3, -0.25) is 0 Å². The van der Waals surface area contributed by atoms with E-state index in [2.05, 4.69) is 258 Å². The molecule has 0 aliphatic heterocycles. The summed E-state index contributed by atoms with van der Waals surface area (Å²) in [6.07, 6.45) is -1.92. The number of rotatable bonds is 40. The van der Waals surface area contributed by atoms with E-state index in [1.807, 2.05) is 162 Å². The average Bonchev–Trinajstić information content (AvgIpc) is 0.837. The molecule has 0 saturated carbocycles. The van der Waals surface area contributed by atoms with Crippen molar-refractivity contribution in [2.75, 3.05) is 46.8 Å². The first-order valence-electron chi connectivity index (χ1n) is 41.6. The minimum Gasteiger partial charge on any atom is -0.465 e. The number of hydrogen-bond donors (Lipinski definition) is 0. The zero-order valence-electron chi connectivity index (χ0n) is 73.2. The fourth-order valence-electron chi connectivity index (χ4n) is 12.9. The summed E-state index contributed by atoms with van der Waals surface area (Å²) in [5, 5.41) is 0. The second-order valence-electron chi connectivity index (χ2n) is 27.8. The molecule has 638 valence electrons. The molecule has 0 fully saturated rings. The van der Waals surface area contributed by atoms with E-state index in [-0.39, 0.29) is 87.6 Å². The lowest BCUT2D eigenvalue weighted by Gasteiger charge is -2.20. The van der Waals surface area contributed by atoms with Crippen molar-refractivity contribution < 1.29 is 66.3 Å². The normalized spacial score (nSPS) is 13.4. The lowest BCUT2D eigenvalue weighted by atomic mass is 10.1.